The molecule has 6 aliphatic rings. The second-order valence-electron chi connectivity index (χ2n) is 26.3. The highest BCUT2D eigenvalue weighted by atomic mass is 32.5. The number of anilines is 3. The van der Waals surface area contributed by atoms with E-state index in [1.807, 2.05) is 0 Å². The number of nitrogens with one attached hydrogen (secondary N) is 3. The lowest BCUT2D eigenvalue weighted by Crippen LogP contribution is -2.30. The van der Waals surface area contributed by atoms with Crippen molar-refractivity contribution >= 4 is 85.5 Å². The van der Waals surface area contributed by atoms with Gasteiger partial charge in [-0.3, -0.25) is 59.9 Å². The Morgan fingerprint density at radius 3 is 0.982 bits per heavy atom. The van der Waals surface area contributed by atoms with Crippen LogP contribution in [0, 0.1) is 20.8 Å². The molecule has 0 bridgehead atoms. The Hall–Kier alpha value is -8.85. The number of phosphoric ester groups is 2. The van der Waals surface area contributed by atoms with Crippen LogP contribution in [0.5, 0.6) is 0 Å². The lowest BCUT2D eigenvalue weighted by molar-refractivity contribution is -0.0568. The topological polar surface area (TPSA) is 739 Å². The quantitative estimate of drug-likeness (QED) is 0.0251. The summed E-state index contributed by atoms with van der Waals surface area (Å²) in [7, 11) is -9.47. The molecule has 57 heteroatoms. The number of aliphatic hydroxyl groups excluding tert-OH is 6. The van der Waals surface area contributed by atoms with Crippen molar-refractivity contribution in [2.75, 3.05) is 56.8 Å². The number of ether oxygens (including phenoxy) is 6. The molecule has 9 unspecified atom stereocenters. The summed E-state index contributed by atoms with van der Waals surface area (Å²) in [4.78, 5) is 158. The Morgan fingerprint density at radius 2 is 0.675 bits per heavy atom. The van der Waals surface area contributed by atoms with Crippen LogP contribution < -0.4 is 50.9 Å². The van der Waals surface area contributed by atoms with Crippen LogP contribution in [-0.2, 0) is 76.5 Å². The summed E-state index contributed by atoms with van der Waals surface area (Å²) in [5.74, 6) is 0.472. The van der Waals surface area contributed by atoms with E-state index in [9.17, 15) is 83.2 Å². The maximum Gasteiger partial charge on any atom is 0.472 e. The minimum absolute atomic E-state index is 0.00278. The van der Waals surface area contributed by atoms with Crippen molar-refractivity contribution in [2.24, 2.45) is 0 Å². The number of fused-ring (bicyclic) bond motifs is 3. The summed E-state index contributed by atoms with van der Waals surface area (Å²) in [6, 6.07) is 0. The average molecular weight is 1690 g/mol. The number of rotatable bonds is 24. The van der Waals surface area contributed by atoms with E-state index in [4.69, 9.17) is 84.6 Å². The van der Waals surface area contributed by atoms with Crippen molar-refractivity contribution in [1.82, 2.24) is 102 Å². The van der Waals surface area contributed by atoms with Crippen molar-refractivity contribution < 1.29 is 110 Å². The van der Waals surface area contributed by atoms with Gasteiger partial charge in [0.15, 0.2) is 33.5 Å². The first-order valence-electron chi connectivity index (χ1n) is 34.3. The third kappa shape index (κ3) is 18.7. The summed E-state index contributed by atoms with van der Waals surface area (Å²) in [5, 5.41) is 60.4. The number of hydrogen-bond donors (Lipinski definition) is 15. The van der Waals surface area contributed by atoms with Crippen LogP contribution in [0.2, 0.25) is 0 Å². The molecule has 0 saturated carbocycles. The van der Waals surface area contributed by atoms with Crippen LogP contribution in [0.4, 0.5) is 17.8 Å². The predicted octanol–water partition coefficient (Wildman–Crippen LogP) is -5.61. The second kappa shape index (κ2) is 34.1. The summed E-state index contributed by atoms with van der Waals surface area (Å²) < 4.78 is 98.9. The number of phosphoric acid groups is 2. The number of nitrogens with two attached hydrogens (primary N) is 3. The number of aromatic nitrogens is 21. The summed E-state index contributed by atoms with van der Waals surface area (Å²) >= 11 is 5.13. The van der Waals surface area contributed by atoms with Crippen molar-refractivity contribution in [3.63, 3.8) is 0 Å². The molecule has 9 aromatic heterocycles. The Labute approximate surface area is 640 Å². The van der Waals surface area contributed by atoms with Crippen LogP contribution in [0.1, 0.15) is 93.4 Å². The lowest BCUT2D eigenvalue weighted by atomic mass is 10.2. The molecule has 0 radical (unpaired) electrons. The number of aromatic amines is 3. The van der Waals surface area contributed by atoms with Crippen LogP contribution >= 0.6 is 22.4 Å². The molecule has 15 rings (SSSR count). The number of H-pyrrole nitrogens is 3. The molecule has 6 aliphatic heterocycles. The number of nitrogen functional groups attached to an aromatic ring is 3. The zero-order valence-electron chi connectivity index (χ0n) is 59.6. The molecule has 53 nitrogen and oxygen atoms in total. The standard InChI is InChI=1S/2C19H25N8O10P.C19H25N8O9PS/c1-8-23-16-15(17(30)24-8)21-6-26(16)14-3-10(11(4-28)35-14)37-38(32,33)34-5-12-9(29)2-13(36-12)27-7-22-18(20)25-19(27)31;1-8-23-16-15(17(30)24-8)21-6-26(16)13-2-9(29)12(36-13)5-34-38(32,33)37-10-3-14(35-11(10)4-28)27-7-22-18(20)25-19(27)31;1-8-23-16-15(17(30)24-8)21-6-26(16)13-2-9(29)12(35-13)5-33-37(32,38)36-10-3-14(34-11(10)4-28)27-7-22-18(20)25-19(27)31/h2*6-7,9-14,28-29H,2-5H2,1H3,(H,32,33)(H2,20,25,31)(H,23,24,30);6-7,9-14,28-29H,2-5H2,1H3,(H,32,38)(H2,20,25,31)(H,23,24,30)/t2*9?,10?,11-,12-,13-,14-;9?,10?,11-,12-,13-,14-,37?/m111/s1. The molecule has 114 heavy (non-hydrogen) atoms. The van der Waals surface area contributed by atoms with Crippen molar-refractivity contribution in [1.29, 1.82) is 0 Å². The SMILES string of the molecule is Cc1nc2c(ncn2[C@H]2CC(O)[C@@H](COP(=O)(O)OC3C[C@H](n4cnc(N)nc4=O)O[C@@H]3CO)O2)c(=O)[nH]1.Cc1nc2c(ncn2[C@H]2CC(O)[C@@H](COP(O)(=S)OC3C[C@H](n4cnc(N)nc4=O)O[C@@H]3CO)O2)c(=O)[nH]1.Cc1nc2c(ncn2[C@H]2CC(OP(=O)(O)OC[C@H]3O[C@@H](n4cnc(N)nc4=O)CC3O)[C@@H](CO)O2)c(=O)[nH]1. The first-order valence-corrected chi connectivity index (χ1v) is 39.9. The van der Waals surface area contributed by atoms with Crippen LogP contribution in [-0.4, -0.2) is 260 Å². The van der Waals surface area contributed by atoms with Gasteiger partial charge in [0.1, 0.15) is 123 Å². The van der Waals surface area contributed by atoms with E-state index in [1.54, 1.807) is 20.8 Å². The lowest BCUT2D eigenvalue weighted by Gasteiger charge is -2.24. The van der Waals surface area contributed by atoms with E-state index < -0.39 is 200 Å². The molecule has 18 N–H and O–H groups in total. The molecule has 21 atom stereocenters. The molecule has 0 spiro atoms. The number of aryl methyl sites for hydroxylation is 3. The molecule has 0 aliphatic carbocycles. The highest BCUT2D eigenvalue weighted by Gasteiger charge is 2.48. The Morgan fingerprint density at radius 1 is 0.412 bits per heavy atom. The minimum atomic E-state index is -4.74. The van der Waals surface area contributed by atoms with Gasteiger partial charge >= 0.3 is 39.4 Å². The van der Waals surface area contributed by atoms with Crippen LogP contribution in [0.25, 0.3) is 33.5 Å². The third-order valence-electron chi connectivity index (χ3n) is 18.5. The number of hydrogen-bond acceptors (Lipinski definition) is 42. The molecular formula is C57H75N24O29P3S. The van der Waals surface area contributed by atoms with Gasteiger partial charge in [-0.2, -0.15) is 15.0 Å². The first-order chi connectivity index (χ1) is 54.1. The van der Waals surface area contributed by atoms with E-state index in [2.05, 4.69) is 74.8 Å². The Bertz CT molecular complexity index is 5310. The maximum atomic E-state index is 12.7. The summed E-state index contributed by atoms with van der Waals surface area (Å²) in [6.45, 7) is -2.03. The Kier molecular flexibility index (Phi) is 24.9. The molecule has 6 saturated heterocycles. The molecule has 15 heterocycles. The molecule has 0 aromatic carbocycles. The van der Waals surface area contributed by atoms with Crippen molar-refractivity contribution in [3.05, 3.63) is 118 Å². The summed E-state index contributed by atoms with van der Waals surface area (Å²) in [6.07, 6.45) is -9.77. The molecular weight excluding hydrogens is 1610 g/mol. The average Bonchev–Trinajstić information content (AvgIpc) is 1.64. The summed E-state index contributed by atoms with van der Waals surface area (Å²) in [5.41, 5.74) is 13.8. The van der Waals surface area contributed by atoms with Crippen LogP contribution in [0.15, 0.2) is 66.7 Å². The van der Waals surface area contributed by atoms with Gasteiger partial charge in [0, 0.05) is 38.5 Å². The number of nitrogens with zero attached hydrogens (tertiary/aromatic N) is 18. The molecule has 6 fully saturated rings. The zero-order valence-corrected chi connectivity index (χ0v) is 63.1. The second-order valence-corrected chi connectivity index (χ2v) is 31.9. The fourth-order valence-electron chi connectivity index (χ4n) is 13.1. The van der Waals surface area contributed by atoms with Crippen molar-refractivity contribution in [2.45, 2.75) is 170 Å². The Balaban J connectivity index is 0.000000149. The normalized spacial score (nSPS) is 29.2. The van der Waals surface area contributed by atoms with Gasteiger partial charge in [-0.25, -0.2) is 68.4 Å². The molecule has 618 valence electrons. The fraction of sp³-hybridized carbons (Fsp3) is 0.579. The minimum Gasteiger partial charge on any atom is -0.394 e. The van der Waals surface area contributed by atoms with Gasteiger partial charge in [0.2, 0.25) is 17.8 Å². The highest BCUT2D eigenvalue weighted by Crippen LogP contribution is 2.52. The van der Waals surface area contributed by atoms with E-state index in [-0.39, 0.29) is 90.8 Å². The van der Waals surface area contributed by atoms with Gasteiger partial charge in [-0.1, -0.05) is 0 Å². The van der Waals surface area contributed by atoms with E-state index in [0.717, 1.165) is 32.7 Å². The van der Waals surface area contributed by atoms with Crippen molar-refractivity contribution in [3.8, 4) is 0 Å². The third-order valence-corrected chi connectivity index (χ3v) is 22.1. The number of aliphatic hydroxyl groups is 6. The van der Waals surface area contributed by atoms with E-state index in [1.165, 1.54) is 32.7 Å². The fourth-order valence-corrected chi connectivity index (χ4v) is 16.4. The van der Waals surface area contributed by atoms with Gasteiger partial charge in [-0.15, -0.1) is 0 Å². The van der Waals surface area contributed by atoms with Gasteiger partial charge in [0.05, 0.1) is 83.0 Å². The largest absolute Gasteiger partial charge is 0.472 e. The number of imidazole rings is 3. The molecule has 9 aromatic rings. The monoisotopic (exact) mass is 1680 g/mol. The van der Waals surface area contributed by atoms with Crippen LogP contribution in [0.3, 0.4) is 0 Å². The van der Waals surface area contributed by atoms with Gasteiger partial charge in [-0.05, 0) is 32.6 Å². The van der Waals surface area contributed by atoms with Gasteiger partial charge in [0.25, 0.3) is 16.7 Å². The zero-order chi connectivity index (χ0) is 81.6. The smallest absolute Gasteiger partial charge is 0.394 e. The van der Waals surface area contributed by atoms with Gasteiger partial charge < -0.3 is 115 Å². The van der Waals surface area contributed by atoms with E-state index >= 15 is 0 Å². The highest BCUT2D eigenvalue weighted by molar-refractivity contribution is 8.07. The van der Waals surface area contributed by atoms with E-state index in [0.29, 0.717) is 23.1 Å². The maximum absolute atomic E-state index is 12.7. The first kappa shape index (κ1) is 83.1. The predicted molar refractivity (Wildman–Crippen MR) is 380 cm³/mol. The molecule has 0 amide bonds.